The van der Waals surface area contributed by atoms with Crippen LogP contribution in [0.1, 0.15) is 46.5 Å². The third-order valence-electron chi connectivity index (χ3n) is 2.75. The Kier molecular flexibility index (Phi) is 5.23. The predicted octanol–water partition coefficient (Wildman–Crippen LogP) is 3.50. The normalized spacial score (nSPS) is 11.4. The van der Waals surface area contributed by atoms with E-state index in [1.54, 1.807) is 12.4 Å². The Labute approximate surface area is 98.7 Å². The highest BCUT2D eigenvalue weighted by Crippen LogP contribution is 2.23. The van der Waals surface area contributed by atoms with Gasteiger partial charge < -0.3 is 5.32 Å². The molecule has 0 radical (unpaired) electrons. The van der Waals surface area contributed by atoms with Crippen molar-refractivity contribution in [1.82, 2.24) is 9.97 Å². The number of unbranched alkanes of at least 4 members (excludes halogenated alkanes) is 2. The first-order chi connectivity index (χ1) is 7.64. The minimum atomic E-state index is 0.314. The van der Waals surface area contributed by atoms with Gasteiger partial charge in [0.15, 0.2) is 0 Å². The van der Waals surface area contributed by atoms with Crippen molar-refractivity contribution in [1.29, 1.82) is 0 Å². The summed E-state index contributed by atoms with van der Waals surface area (Å²) in [5.41, 5.74) is 0.314. The van der Waals surface area contributed by atoms with Crippen LogP contribution < -0.4 is 5.32 Å². The first-order valence-electron chi connectivity index (χ1n) is 6.15. The Bertz CT molecular complexity index is 282. The zero-order valence-electron chi connectivity index (χ0n) is 10.7. The van der Waals surface area contributed by atoms with Crippen LogP contribution in [0.2, 0.25) is 0 Å². The van der Waals surface area contributed by atoms with E-state index in [1.165, 1.54) is 25.7 Å². The van der Waals surface area contributed by atoms with Gasteiger partial charge >= 0.3 is 0 Å². The predicted molar refractivity (Wildman–Crippen MR) is 68.4 cm³/mol. The monoisotopic (exact) mass is 221 g/mol. The number of hydrogen-bond donors (Lipinski definition) is 1. The van der Waals surface area contributed by atoms with E-state index in [0.717, 1.165) is 12.5 Å². The minimum Gasteiger partial charge on any atom is -0.354 e. The summed E-state index contributed by atoms with van der Waals surface area (Å²) in [6.07, 6.45) is 8.69. The van der Waals surface area contributed by atoms with Gasteiger partial charge in [-0.05, 0) is 17.9 Å². The van der Waals surface area contributed by atoms with Crippen LogP contribution in [-0.4, -0.2) is 16.5 Å². The molecule has 0 unspecified atom stereocenters. The van der Waals surface area contributed by atoms with Gasteiger partial charge in [-0.1, -0.05) is 40.0 Å². The van der Waals surface area contributed by atoms with Crippen molar-refractivity contribution in [2.24, 2.45) is 5.41 Å². The second-order valence-corrected chi connectivity index (χ2v) is 5.05. The molecule has 0 saturated carbocycles. The van der Waals surface area contributed by atoms with Crippen molar-refractivity contribution in [3.05, 3.63) is 18.5 Å². The van der Waals surface area contributed by atoms with Gasteiger partial charge in [0, 0.05) is 18.9 Å². The molecule has 3 heteroatoms. The van der Waals surface area contributed by atoms with Crippen LogP contribution in [0, 0.1) is 5.41 Å². The van der Waals surface area contributed by atoms with Crippen LogP contribution in [-0.2, 0) is 0 Å². The molecule has 0 fully saturated rings. The molecule has 1 aromatic heterocycles. The van der Waals surface area contributed by atoms with Crippen molar-refractivity contribution in [2.75, 3.05) is 11.9 Å². The summed E-state index contributed by atoms with van der Waals surface area (Å²) in [7, 11) is 0. The number of nitrogens with one attached hydrogen (secondary N) is 1. The van der Waals surface area contributed by atoms with Gasteiger partial charge in [0.25, 0.3) is 0 Å². The van der Waals surface area contributed by atoms with Crippen LogP contribution in [0.4, 0.5) is 5.95 Å². The van der Waals surface area contributed by atoms with E-state index in [2.05, 4.69) is 36.1 Å². The summed E-state index contributed by atoms with van der Waals surface area (Å²) in [6.45, 7) is 7.75. The van der Waals surface area contributed by atoms with E-state index in [1.807, 2.05) is 6.07 Å². The van der Waals surface area contributed by atoms with Gasteiger partial charge in [0.05, 0.1) is 0 Å². The van der Waals surface area contributed by atoms with E-state index in [4.69, 9.17) is 0 Å². The summed E-state index contributed by atoms with van der Waals surface area (Å²) >= 11 is 0. The molecule has 0 atom stereocenters. The zero-order chi connectivity index (χ0) is 11.9. The largest absolute Gasteiger partial charge is 0.354 e. The molecule has 0 amide bonds. The van der Waals surface area contributed by atoms with Gasteiger partial charge in [0.1, 0.15) is 0 Å². The van der Waals surface area contributed by atoms with Crippen molar-refractivity contribution >= 4 is 5.95 Å². The molecule has 16 heavy (non-hydrogen) atoms. The fourth-order valence-electron chi connectivity index (χ4n) is 1.65. The first kappa shape index (κ1) is 12.9. The van der Waals surface area contributed by atoms with Gasteiger partial charge in [-0.15, -0.1) is 0 Å². The van der Waals surface area contributed by atoms with Crippen molar-refractivity contribution in [2.45, 2.75) is 46.5 Å². The van der Waals surface area contributed by atoms with E-state index >= 15 is 0 Å². The highest BCUT2D eigenvalue weighted by atomic mass is 15.1. The minimum absolute atomic E-state index is 0.314. The second kappa shape index (κ2) is 6.46. The lowest BCUT2D eigenvalue weighted by atomic mass is 9.87. The van der Waals surface area contributed by atoms with Gasteiger partial charge in [0.2, 0.25) is 5.95 Å². The molecule has 0 aliphatic carbocycles. The molecule has 0 spiro atoms. The third-order valence-corrected chi connectivity index (χ3v) is 2.75. The molecule has 3 nitrogen and oxygen atoms in total. The molecule has 90 valence electrons. The topological polar surface area (TPSA) is 37.8 Å². The maximum Gasteiger partial charge on any atom is 0.222 e. The average molecular weight is 221 g/mol. The fourth-order valence-corrected chi connectivity index (χ4v) is 1.65. The van der Waals surface area contributed by atoms with E-state index in [9.17, 15) is 0 Å². The molecule has 0 aliphatic rings. The summed E-state index contributed by atoms with van der Waals surface area (Å²) in [5.74, 6) is 0.728. The molecule has 1 aromatic rings. The van der Waals surface area contributed by atoms with Crippen LogP contribution >= 0.6 is 0 Å². The Morgan fingerprint density at radius 2 is 1.88 bits per heavy atom. The fraction of sp³-hybridized carbons (Fsp3) is 0.692. The van der Waals surface area contributed by atoms with Crippen molar-refractivity contribution in [3.63, 3.8) is 0 Å². The van der Waals surface area contributed by atoms with E-state index in [0.29, 0.717) is 5.41 Å². The standard InChI is InChI=1S/C13H23N3/c1-4-5-6-8-13(2,3)11-16-12-14-9-7-10-15-12/h7,9-10H,4-6,8,11H2,1-3H3,(H,14,15,16). The van der Waals surface area contributed by atoms with E-state index < -0.39 is 0 Å². The molecular weight excluding hydrogens is 198 g/mol. The number of aromatic nitrogens is 2. The van der Waals surface area contributed by atoms with Crippen molar-refractivity contribution in [3.8, 4) is 0 Å². The van der Waals surface area contributed by atoms with Crippen molar-refractivity contribution < 1.29 is 0 Å². The molecule has 1 rings (SSSR count). The summed E-state index contributed by atoms with van der Waals surface area (Å²) in [4.78, 5) is 8.31. The van der Waals surface area contributed by atoms with Gasteiger partial charge in [-0.25, -0.2) is 9.97 Å². The Balaban J connectivity index is 2.30. The first-order valence-corrected chi connectivity index (χ1v) is 6.15. The SMILES string of the molecule is CCCCCC(C)(C)CNc1ncccn1. The number of nitrogens with zero attached hydrogens (tertiary/aromatic N) is 2. The quantitative estimate of drug-likeness (QED) is 0.716. The van der Waals surface area contributed by atoms with Crippen LogP contribution in [0.15, 0.2) is 18.5 Å². The van der Waals surface area contributed by atoms with Gasteiger partial charge in [-0.3, -0.25) is 0 Å². The summed E-state index contributed by atoms with van der Waals surface area (Å²) < 4.78 is 0. The summed E-state index contributed by atoms with van der Waals surface area (Å²) in [6, 6.07) is 1.83. The molecule has 0 bridgehead atoms. The average Bonchev–Trinajstić information content (AvgIpc) is 2.28. The number of hydrogen-bond acceptors (Lipinski definition) is 3. The lowest BCUT2D eigenvalue weighted by Gasteiger charge is -2.24. The molecule has 0 saturated heterocycles. The molecule has 1 heterocycles. The maximum atomic E-state index is 4.16. The number of rotatable bonds is 7. The maximum absolute atomic E-state index is 4.16. The van der Waals surface area contributed by atoms with Crippen LogP contribution in [0.5, 0.6) is 0 Å². The smallest absolute Gasteiger partial charge is 0.222 e. The summed E-state index contributed by atoms with van der Waals surface area (Å²) in [5, 5.41) is 3.29. The third kappa shape index (κ3) is 5.10. The Morgan fingerprint density at radius 3 is 2.50 bits per heavy atom. The highest BCUT2D eigenvalue weighted by molar-refractivity contribution is 5.22. The zero-order valence-corrected chi connectivity index (χ0v) is 10.7. The number of anilines is 1. The van der Waals surface area contributed by atoms with Crippen LogP contribution in [0.3, 0.4) is 0 Å². The Morgan fingerprint density at radius 1 is 1.19 bits per heavy atom. The molecular formula is C13H23N3. The Hall–Kier alpha value is -1.12. The molecule has 1 N–H and O–H groups in total. The van der Waals surface area contributed by atoms with Crippen LogP contribution in [0.25, 0.3) is 0 Å². The van der Waals surface area contributed by atoms with Gasteiger partial charge in [-0.2, -0.15) is 0 Å². The van der Waals surface area contributed by atoms with E-state index in [-0.39, 0.29) is 0 Å². The molecule has 0 aromatic carbocycles. The lowest BCUT2D eigenvalue weighted by Crippen LogP contribution is -2.23. The lowest BCUT2D eigenvalue weighted by molar-refractivity contribution is 0.342. The molecule has 0 aliphatic heterocycles. The second-order valence-electron chi connectivity index (χ2n) is 5.05. The highest BCUT2D eigenvalue weighted by Gasteiger charge is 2.17.